The summed E-state index contributed by atoms with van der Waals surface area (Å²) in [7, 11) is -3.47. The van der Waals surface area contributed by atoms with Gasteiger partial charge in [0.25, 0.3) is 0 Å². The Morgan fingerprint density at radius 1 is 1.12 bits per heavy atom. The highest BCUT2D eigenvalue weighted by molar-refractivity contribution is 7.92. The van der Waals surface area contributed by atoms with Crippen LogP contribution in [0.4, 0.5) is 11.4 Å². The first-order valence-electron chi connectivity index (χ1n) is 7.26. The van der Waals surface area contributed by atoms with Crippen molar-refractivity contribution in [3.63, 3.8) is 0 Å². The Labute approximate surface area is 149 Å². The summed E-state index contributed by atoms with van der Waals surface area (Å²) in [6.45, 7) is 2.49. The molecule has 0 unspecified atom stereocenters. The lowest BCUT2D eigenvalue weighted by molar-refractivity contribution is -0.155. The van der Waals surface area contributed by atoms with Gasteiger partial charge in [-0.1, -0.05) is 6.07 Å². The van der Waals surface area contributed by atoms with Gasteiger partial charge in [-0.25, -0.2) is 18.0 Å². The zero-order valence-electron chi connectivity index (χ0n) is 14.1. The molecular formula is C16H16N2O7S. The summed E-state index contributed by atoms with van der Waals surface area (Å²) in [5.41, 5.74) is -0.203. The van der Waals surface area contributed by atoms with Gasteiger partial charge in [0, 0.05) is 11.4 Å². The Kier molecular flexibility index (Phi) is 5.17. The van der Waals surface area contributed by atoms with Crippen LogP contribution < -0.4 is 10.0 Å². The maximum Gasteiger partial charge on any atom is 0.353 e. The molecule has 9 nitrogen and oxygen atoms in total. The van der Waals surface area contributed by atoms with Crippen LogP contribution in [0.25, 0.3) is 0 Å². The Hall–Kier alpha value is -3.14. The zero-order chi connectivity index (χ0) is 19.6. The Bertz CT molecular complexity index is 974. The third-order valence-corrected chi connectivity index (χ3v) is 3.90. The second-order valence-electron chi connectivity index (χ2n) is 5.54. The number of esters is 2. The molecule has 10 heteroatoms. The number of aliphatic hydroxyl groups is 1. The van der Waals surface area contributed by atoms with Gasteiger partial charge in [-0.3, -0.25) is 9.52 Å². The number of carbonyl (C=O) groups excluding carboxylic acids is 3. The van der Waals surface area contributed by atoms with E-state index in [9.17, 15) is 27.9 Å². The van der Waals surface area contributed by atoms with E-state index in [4.69, 9.17) is 0 Å². The van der Waals surface area contributed by atoms with Gasteiger partial charge in [0.05, 0.1) is 11.9 Å². The van der Waals surface area contributed by atoms with Crippen molar-refractivity contribution in [2.75, 3.05) is 16.3 Å². The molecule has 0 spiro atoms. The van der Waals surface area contributed by atoms with Gasteiger partial charge in [0.2, 0.25) is 10.0 Å². The molecule has 2 rings (SSSR count). The van der Waals surface area contributed by atoms with Crippen LogP contribution in [0.5, 0.6) is 0 Å². The molecule has 0 saturated heterocycles. The maximum atomic E-state index is 11.9. The molecular weight excluding hydrogens is 364 g/mol. The summed E-state index contributed by atoms with van der Waals surface area (Å²) in [5.74, 6) is -3.83. The molecule has 0 fully saturated rings. The molecule has 1 aromatic carbocycles. The molecule has 1 aliphatic rings. The van der Waals surface area contributed by atoms with E-state index >= 15 is 0 Å². The molecule has 0 bridgehead atoms. The number of carbonyl (C=O) groups is 3. The van der Waals surface area contributed by atoms with Crippen LogP contribution in [-0.4, -0.2) is 37.5 Å². The first kappa shape index (κ1) is 19.2. The number of anilines is 2. The van der Waals surface area contributed by atoms with Crippen LogP contribution in [0.1, 0.15) is 13.8 Å². The van der Waals surface area contributed by atoms with E-state index in [0.717, 1.165) is 13.2 Å². The van der Waals surface area contributed by atoms with Crippen LogP contribution in [0.2, 0.25) is 0 Å². The number of nitrogens with one attached hydrogen (secondary N) is 2. The fourth-order valence-corrected chi connectivity index (χ4v) is 2.85. The molecule has 0 amide bonds. The van der Waals surface area contributed by atoms with E-state index in [2.05, 4.69) is 14.8 Å². The molecule has 0 aliphatic carbocycles. The molecule has 0 atom stereocenters. The highest BCUT2D eigenvalue weighted by Crippen LogP contribution is 2.26. The maximum absolute atomic E-state index is 11.9. The van der Waals surface area contributed by atoms with Crippen molar-refractivity contribution in [1.29, 1.82) is 0 Å². The smallest absolute Gasteiger partial charge is 0.353 e. The van der Waals surface area contributed by atoms with E-state index in [-0.39, 0.29) is 17.0 Å². The number of ketones is 1. The highest BCUT2D eigenvalue weighted by atomic mass is 32.2. The van der Waals surface area contributed by atoms with Crippen molar-refractivity contribution < 1.29 is 32.6 Å². The van der Waals surface area contributed by atoms with Crippen molar-refractivity contribution in [2.24, 2.45) is 0 Å². The first-order chi connectivity index (χ1) is 12.0. The van der Waals surface area contributed by atoms with Crippen molar-refractivity contribution >= 4 is 39.1 Å². The van der Waals surface area contributed by atoms with E-state index in [1.165, 1.54) is 19.1 Å². The lowest BCUT2D eigenvalue weighted by atomic mass is 10.0. The minimum absolute atomic E-state index is 0.107. The largest absolute Gasteiger partial charge is 0.506 e. The average Bonchev–Trinajstić information content (AvgIpc) is 2.44. The normalized spacial score (nSPS) is 16.9. The van der Waals surface area contributed by atoms with Crippen LogP contribution in [0, 0.1) is 0 Å². The van der Waals surface area contributed by atoms with Crippen LogP contribution >= 0.6 is 0 Å². The number of hydrogen-bond acceptors (Lipinski definition) is 8. The van der Waals surface area contributed by atoms with E-state index in [1.807, 2.05) is 0 Å². The van der Waals surface area contributed by atoms with Crippen molar-refractivity contribution in [3.05, 3.63) is 46.9 Å². The quantitative estimate of drug-likeness (QED) is 0.300. The van der Waals surface area contributed by atoms with E-state index in [1.54, 1.807) is 12.1 Å². The van der Waals surface area contributed by atoms with Crippen LogP contribution in [0.3, 0.4) is 0 Å². The summed E-state index contributed by atoms with van der Waals surface area (Å²) in [6.07, 6.45) is 1.00. The highest BCUT2D eigenvalue weighted by Gasteiger charge is 2.36. The molecule has 26 heavy (non-hydrogen) atoms. The number of benzene rings is 1. The zero-order valence-corrected chi connectivity index (χ0v) is 14.9. The molecule has 1 aliphatic heterocycles. The topological polar surface area (TPSA) is 139 Å². The Balaban J connectivity index is 2.43. The van der Waals surface area contributed by atoms with Crippen LogP contribution in [-0.2, 0) is 29.1 Å². The third-order valence-electron chi connectivity index (χ3n) is 3.29. The number of Topliss-reactive ketones (excluding diaryl/α,β-unsaturated/α-hetero) is 1. The van der Waals surface area contributed by atoms with Gasteiger partial charge in [-0.2, -0.15) is 0 Å². The number of rotatable bonds is 5. The average molecular weight is 380 g/mol. The van der Waals surface area contributed by atoms with Gasteiger partial charge < -0.3 is 15.2 Å². The fraction of sp³-hybridized carbons (Fsp3) is 0.188. The standard InChI is InChI=1S/C16H16N2O7S/c1-8(12-14(20)13(9(2)19)16(22)25-15(12)21)17-10-5-4-6-11(7-10)18-26(3,23)24/h4-7,17-18,20H,1-3H3/b12-8-. The number of allylic oxidation sites excluding steroid dienone is 1. The van der Waals surface area contributed by atoms with Gasteiger partial charge in [0.15, 0.2) is 5.78 Å². The summed E-state index contributed by atoms with van der Waals surface area (Å²) in [5, 5.41) is 12.9. The van der Waals surface area contributed by atoms with Gasteiger partial charge in [0.1, 0.15) is 16.9 Å². The molecule has 0 aromatic heterocycles. The van der Waals surface area contributed by atoms with Crippen molar-refractivity contribution in [1.82, 2.24) is 0 Å². The summed E-state index contributed by atoms with van der Waals surface area (Å²) >= 11 is 0. The first-order valence-corrected chi connectivity index (χ1v) is 9.15. The molecule has 0 radical (unpaired) electrons. The predicted molar refractivity (Wildman–Crippen MR) is 92.7 cm³/mol. The van der Waals surface area contributed by atoms with Crippen molar-refractivity contribution in [3.8, 4) is 0 Å². The van der Waals surface area contributed by atoms with Gasteiger partial charge in [-0.15, -0.1) is 0 Å². The fourth-order valence-electron chi connectivity index (χ4n) is 2.30. The molecule has 1 heterocycles. The number of ether oxygens (including phenoxy) is 1. The van der Waals surface area contributed by atoms with Crippen LogP contribution in [0.15, 0.2) is 46.9 Å². The molecule has 3 N–H and O–H groups in total. The van der Waals surface area contributed by atoms with Gasteiger partial charge in [-0.05, 0) is 32.0 Å². The molecule has 138 valence electrons. The van der Waals surface area contributed by atoms with E-state index < -0.39 is 39.1 Å². The minimum atomic E-state index is -3.47. The summed E-state index contributed by atoms with van der Waals surface area (Å²) < 4.78 is 29.4. The Morgan fingerprint density at radius 2 is 1.73 bits per heavy atom. The SMILES string of the molecule is CC(=O)C1=C(O)/C(=C(\C)Nc2cccc(NS(C)(=O)=O)c2)C(=O)OC1=O. The number of aliphatic hydroxyl groups excluding tert-OH is 1. The predicted octanol–water partition coefficient (Wildman–Crippen LogP) is 1.23. The molecule has 0 saturated carbocycles. The van der Waals surface area contributed by atoms with Gasteiger partial charge >= 0.3 is 11.9 Å². The number of sulfonamides is 1. The monoisotopic (exact) mass is 380 g/mol. The summed E-state index contributed by atoms with van der Waals surface area (Å²) in [4.78, 5) is 35.0. The second kappa shape index (κ2) is 7.00. The number of hydrogen-bond donors (Lipinski definition) is 3. The second-order valence-corrected chi connectivity index (χ2v) is 7.29. The lowest BCUT2D eigenvalue weighted by Crippen LogP contribution is -2.29. The Morgan fingerprint density at radius 3 is 2.31 bits per heavy atom. The van der Waals surface area contributed by atoms with E-state index in [0.29, 0.717) is 5.69 Å². The molecule has 1 aromatic rings. The van der Waals surface area contributed by atoms with Crippen molar-refractivity contribution in [2.45, 2.75) is 13.8 Å². The summed E-state index contributed by atoms with van der Waals surface area (Å²) in [6, 6.07) is 6.13. The third kappa shape index (κ3) is 4.28. The lowest BCUT2D eigenvalue weighted by Gasteiger charge is -2.18. The number of cyclic esters (lactones) is 2. The minimum Gasteiger partial charge on any atom is -0.506 e.